The van der Waals surface area contributed by atoms with Crippen molar-refractivity contribution in [3.8, 4) is 0 Å². The zero-order valence-electron chi connectivity index (χ0n) is 17.6. The molecule has 150 valence electrons. The van der Waals surface area contributed by atoms with Crippen LogP contribution in [0, 0.1) is 28.6 Å². The molecule has 4 saturated carbocycles. The summed E-state index contributed by atoms with van der Waals surface area (Å²) in [6.45, 7) is 7.50. The molecule has 0 saturated heterocycles. The van der Waals surface area contributed by atoms with Crippen molar-refractivity contribution in [1.82, 2.24) is 5.32 Å². The number of nitrogens with two attached hydrogens (primary N) is 1. The number of carbonyl (C=O) groups is 1. The van der Waals surface area contributed by atoms with Crippen LogP contribution in [-0.4, -0.2) is 17.4 Å². The van der Waals surface area contributed by atoms with Gasteiger partial charge in [-0.1, -0.05) is 20.8 Å². The van der Waals surface area contributed by atoms with Crippen LogP contribution >= 0.6 is 0 Å². The van der Waals surface area contributed by atoms with Gasteiger partial charge in [0.1, 0.15) is 0 Å². The molecule has 5 aliphatic carbocycles. The maximum absolute atomic E-state index is 12.2. The minimum absolute atomic E-state index is 0.184. The van der Waals surface area contributed by atoms with Crippen LogP contribution in [0.5, 0.6) is 0 Å². The maximum Gasteiger partial charge on any atom is 0.178 e. The summed E-state index contributed by atoms with van der Waals surface area (Å²) < 4.78 is 0. The molecule has 4 fully saturated rings. The molecule has 0 heterocycles. The zero-order chi connectivity index (χ0) is 19.0. The molecule has 5 aliphatic rings. The van der Waals surface area contributed by atoms with Crippen molar-refractivity contribution >= 4 is 5.78 Å². The summed E-state index contributed by atoms with van der Waals surface area (Å²) in [5, 5.41) is 4.16. The molecular formula is C24H38N2O. The average Bonchev–Trinajstić information content (AvgIpc) is 3.41. The molecule has 0 aromatic heterocycles. The van der Waals surface area contributed by atoms with E-state index in [1.54, 1.807) is 0 Å². The largest absolute Gasteiger partial charge is 0.396 e. The van der Waals surface area contributed by atoms with Crippen LogP contribution in [0.4, 0.5) is 0 Å². The summed E-state index contributed by atoms with van der Waals surface area (Å²) in [5.74, 6) is 2.62. The van der Waals surface area contributed by atoms with E-state index in [-0.39, 0.29) is 11.2 Å². The zero-order valence-corrected chi connectivity index (χ0v) is 17.6. The SMILES string of the molecule is CC[C@]1(NC2CC2)CC[C@H]2[C@@H]3CCC4=C(N)C(=O)CC[C@]4(C)[C@H]3CC[C@@]21C. The van der Waals surface area contributed by atoms with Gasteiger partial charge in [-0.05, 0) is 98.4 Å². The van der Waals surface area contributed by atoms with Gasteiger partial charge >= 0.3 is 0 Å². The van der Waals surface area contributed by atoms with E-state index in [1.807, 2.05) is 0 Å². The van der Waals surface area contributed by atoms with Crippen molar-refractivity contribution in [2.24, 2.45) is 34.3 Å². The summed E-state index contributed by atoms with van der Waals surface area (Å²) in [6.07, 6.45) is 13.5. The molecule has 0 spiro atoms. The fraction of sp³-hybridized carbons (Fsp3) is 0.875. The first kappa shape index (κ1) is 18.2. The van der Waals surface area contributed by atoms with Crippen LogP contribution in [0.15, 0.2) is 11.3 Å². The number of allylic oxidation sites excluding steroid dienone is 1. The summed E-state index contributed by atoms with van der Waals surface area (Å²) in [7, 11) is 0. The summed E-state index contributed by atoms with van der Waals surface area (Å²) in [5.41, 5.74) is 9.28. The van der Waals surface area contributed by atoms with Gasteiger partial charge in [-0.15, -0.1) is 0 Å². The van der Waals surface area contributed by atoms with E-state index < -0.39 is 0 Å². The molecule has 0 bridgehead atoms. The van der Waals surface area contributed by atoms with Crippen LogP contribution in [0.1, 0.15) is 91.4 Å². The van der Waals surface area contributed by atoms with Crippen molar-refractivity contribution < 1.29 is 4.79 Å². The minimum atomic E-state index is 0.184. The summed E-state index contributed by atoms with van der Waals surface area (Å²) in [4.78, 5) is 12.2. The molecule has 3 N–H and O–H groups in total. The standard InChI is InChI=1S/C24H38N2O/c1-4-24(26-15-5-6-15)14-10-18-16-7-8-19-21(25)20(27)11-12-22(19,2)17(16)9-13-23(18,24)3/h15-18,26H,4-14,25H2,1-3H3/t16-,17+,18+,22-,23+,24+/m1/s1. The highest BCUT2D eigenvalue weighted by molar-refractivity contribution is 5.96. The second kappa shape index (κ2) is 5.84. The van der Waals surface area contributed by atoms with Crippen molar-refractivity contribution in [1.29, 1.82) is 0 Å². The number of hydrogen-bond acceptors (Lipinski definition) is 3. The topological polar surface area (TPSA) is 55.1 Å². The van der Waals surface area contributed by atoms with E-state index >= 15 is 0 Å². The normalized spacial score (nSPS) is 49.6. The van der Waals surface area contributed by atoms with Gasteiger partial charge in [0.2, 0.25) is 0 Å². The Bertz CT molecular complexity index is 694. The number of hydrogen-bond donors (Lipinski definition) is 2. The quantitative estimate of drug-likeness (QED) is 0.757. The minimum Gasteiger partial charge on any atom is -0.396 e. The van der Waals surface area contributed by atoms with Crippen molar-refractivity contribution in [2.45, 2.75) is 103 Å². The number of rotatable bonds is 3. The summed E-state index contributed by atoms with van der Waals surface area (Å²) in [6, 6.07) is 0.792. The predicted molar refractivity (Wildman–Crippen MR) is 109 cm³/mol. The van der Waals surface area contributed by atoms with Crippen LogP contribution in [0.2, 0.25) is 0 Å². The number of ketones is 1. The van der Waals surface area contributed by atoms with Gasteiger partial charge in [0, 0.05) is 18.0 Å². The summed E-state index contributed by atoms with van der Waals surface area (Å²) >= 11 is 0. The molecule has 6 atom stereocenters. The monoisotopic (exact) mass is 370 g/mol. The lowest BCUT2D eigenvalue weighted by molar-refractivity contribution is -0.119. The highest BCUT2D eigenvalue weighted by atomic mass is 16.1. The molecule has 0 aromatic carbocycles. The van der Waals surface area contributed by atoms with Gasteiger partial charge < -0.3 is 11.1 Å². The number of nitrogens with one attached hydrogen (secondary N) is 1. The Morgan fingerprint density at radius 3 is 2.44 bits per heavy atom. The van der Waals surface area contributed by atoms with Gasteiger partial charge in [-0.2, -0.15) is 0 Å². The Hall–Kier alpha value is -0.830. The van der Waals surface area contributed by atoms with Gasteiger partial charge in [0.15, 0.2) is 5.78 Å². The Kier molecular flexibility index (Phi) is 3.94. The molecule has 0 aliphatic heterocycles. The van der Waals surface area contributed by atoms with E-state index in [2.05, 4.69) is 26.1 Å². The van der Waals surface area contributed by atoms with Crippen LogP contribution in [-0.2, 0) is 4.79 Å². The second-order valence-electron chi connectivity index (χ2n) is 11.0. The second-order valence-corrected chi connectivity index (χ2v) is 11.0. The molecule has 0 amide bonds. The lowest BCUT2D eigenvalue weighted by Crippen LogP contribution is -2.60. The molecule has 0 aromatic rings. The lowest BCUT2D eigenvalue weighted by atomic mass is 9.45. The predicted octanol–water partition coefficient (Wildman–Crippen LogP) is 4.71. The fourth-order valence-electron chi connectivity index (χ4n) is 8.43. The van der Waals surface area contributed by atoms with E-state index in [0.29, 0.717) is 23.1 Å². The molecule has 3 nitrogen and oxygen atoms in total. The van der Waals surface area contributed by atoms with Crippen molar-refractivity contribution in [2.75, 3.05) is 0 Å². The first-order valence-electron chi connectivity index (χ1n) is 11.6. The maximum atomic E-state index is 12.2. The smallest absolute Gasteiger partial charge is 0.178 e. The van der Waals surface area contributed by atoms with E-state index in [9.17, 15) is 4.79 Å². The van der Waals surface area contributed by atoms with E-state index in [0.717, 1.165) is 36.6 Å². The molecule has 0 unspecified atom stereocenters. The highest BCUT2D eigenvalue weighted by Crippen LogP contribution is 2.68. The molecule has 3 heteroatoms. The third kappa shape index (κ3) is 2.33. The first-order valence-corrected chi connectivity index (χ1v) is 11.6. The Balaban J connectivity index is 1.48. The van der Waals surface area contributed by atoms with E-state index in [4.69, 9.17) is 5.73 Å². The number of carbonyl (C=O) groups excluding carboxylic acids is 1. The third-order valence-electron chi connectivity index (χ3n) is 10.2. The van der Waals surface area contributed by atoms with Gasteiger partial charge in [0.25, 0.3) is 0 Å². The van der Waals surface area contributed by atoms with Crippen LogP contribution < -0.4 is 11.1 Å². The number of fused-ring (bicyclic) bond motifs is 5. The Labute approximate surface area is 164 Å². The highest BCUT2D eigenvalue weighted by Gasteiger charge is 2.64. The first-order chi connectivity index (χ1) is 12.8. The Morgan fingerprint density at radius 2 is 1.74 bits per heavy atom. The van der Waals surface area contributed by atoms with Crippen molar-refractivity contribution in [3.63, 3.8) is 0 Å². The molecule has 5 rings (SSSR count). The number of Topliss-reactive ketones (excluding diaryl/α,β-unsaturated/α-hetero) is 1. The fourth-order valence-corrected chi connectivity index (χ4v) is 8.43. The molecule has 0 radical (unpaired) electrons. The van der Waals surface area contributed by atoms with Crippen LogP contribution in [0.25, 0.3) is 0 Å². The van der Waals surface area contributed by atoms with Crippen LogP contribution in [0.3, 0.4) is 0 Å². The third-order valence-corrected chi connectivity index (χ3v) is 10.2. The lowest BCUT2D eigenvalue weighted by Gasteiger charge is -2.60. The molecule has 27 heavy (non-hydrogen) atoms. The molecular weight excluding hydrogens is 332 g/mol. The van der Waals surface area contributed by atoms with Gasteiger partial charge in [-0.25, -0.2) is 0 Å². The van der Waals surface area contributed by atoms with Gasteiger partial charge in [0.05, 0.1) is 5.70 Å². The van der Waals surface area contributed by atoms with E-state index in [1.165, 1.54) is 56.9 Å². The van der Waals surface area contributed by atoms with Crippen molar-refractivity contribution in [3.05, 3.63) is 11.3 Å². The van der Waals surface area contributed by atoms with Gasteiger partial charge in [-0.3, -0.25) is 4.79 Å². The Morgan fingerprint density at radius 1 is 1.00 bits per heavy atom. The average molecular weight is 371 g/mol.